The van der Waals surface area contributed by atoms with E-state index in [0.717, 1.165) is 31.4 Å². The number of rotatable bonds is 1. The lowest BCUT2D eigenvalue weighted by Gasteiger charge is -2.27. The molecule has 1 aliphatic rings. The lowest BCUT2D eigenvalue weighted by atomic mass is 10.1. The summed E-state index contributed by atoms with van der Waals surface area (Å²) < 4.78 is 38.0. The lowest BCUT2D eigenvalue weighted by molar-refractivity contribution is -0.137. The fourth-order valence-corrected chi connectivity index (χ4v) is 2.36. The maximum absolute atomic E-state index is 12.7. The number of likely N-dealkylation sites (tertiary alicyclic amines) is 1. The van der Waals surface area contributed by atoms with Gasteiger partial charge in [0.1, 0.15) is 0 Å². The number of nitrogens with one attached hydrogen (secondary N) is 1. The summed E-state index contributed by atoms with van der Waals surface area (Å²) in [7, 11) is 0. The van der Waals surface area contributed by atoms with Crippen LogP contribution in [0.25, 0.3) is 0 Å². The molecule has 2 rings (SSSR count). The Hall–Kier alpha value is -1.43. The molecule has 0 spiro atoms. The smallest absolute Gasteiger partial charge is 0.325 e. The third-order valence-electron chi connectivity index (χ3n) is 3.12. The first-order valence-corrected chi connectivity index (χ1v) is 6.68. The van der Waals surface area contributed by atoms with Gasteiger partial charge in [0.15, 0.2) is 0 Å². The van der Waals surface area contributed by atoms with Crippen LogP contribution in [0.4, 0.5) is 23.7 Å². The van der Waals surface area contributed by atoms with E-state index < -0.39 is 11.7 Å². The average molecular weight is 307 g/mol. The number of hydrogen-bond acceptors (Lipinski definition) is 1. The molecule has 0 bridgehead atoms. The number of benzene rings is 1. The lowest BCUT2D eigenvalue weighted by Crippen LogP contribution is -2.38. The molecule has 7 heteroatoms. The van der Waals surface area contributed by atoms with Crippen molar-refractivity contribution < 1.29 is 18.0 Å². The highest BCUT2D eigenvalue weighted by Crippen LogP contribution is 2.33. The highest BCUT2D eigenvalue weighted by molar-refractivity contribution is 6.31. The Morgan fingerprint density at radius 2 is 1.80 bits per heavy atom. The number of nitrogens with zero attached hydrogens (tertiary/aromatic N) is 1. The number of urea groups is 1. The third-order valence-corrected chi connectivity index (χ3v) is 3.34. The number of hydrogen-bond donors (Lipinski definition) is 1. The Kier molecular flexibility index (Phi) is 4.42. The summed E-state index contributed by atoms with van der Waals surface area (Å²) in [5.41, 5.74) is -0.820. The number of piperidine rings is 1. The zero-order valence-electron chi connectivity index (χ0n) is 10.6. The second-order valence-electron chi connectivity index (χ2n) is 4.70. The van der Waals surface area contributed by atoms with E-state index in [1.165, 1.54) is 6.07 Å². The molecular weight excluding hydrogens is 293 g/mol. The maximum atomic E-state index is 12.7. The number of alkyl halides is 3. The van der Waals surface area contributed by atoms with Gasteiger partial charge in [-0.15, -0.1) is 0 Å². The van der Waals surface area contributed by atoms with E-state index in [0.29, 0.717) is 13.1 Å². The molecule has 0 aliphatic carbocycles. The first-order chi connectivity index (χ1) is 9.36. The van der Waals surface area contributed by atoms with Gasteiger partial charge in [-0.1, -0.05) is 11.6 Å². The predicted molar refractivity (Wildman–Crippen MR) is 70.9 cm³/mol. The van der Waals surface area contributed by atoms with E-state index in [-0.39, 0.29) is 16.7 Å². The summed E-state index contributed by atoms with van der Waals surface area (Å²) in [5, 5.41) is 2.41. The number of amides is 2. The van der Waals surface area contributed by atoms with E-state index in [1.54, 1.807) is 4.90 Å². The molecule has 1 saturated heterocycles. The third kappa shape index (κ3) is 3.79. The van der Waals surface area contributed by atoms with Gasteiger partial charge in [-0.2, -0.15) is 13.2 Å². The van der Waals surface area contributed by atoms with Crippen LogP contribution in [0, 0.1) is 0 Å². The molecule has 2 amide bonds. The Labute approximate surface area is 119 Å². The van der Waals surface area contributed by atoms with E-state index >= 15 is 0 Å². The average Bonchev–Trinajstić information content (AvgIpc) is 2.38. The highest BCUT2D eigenvalue weighted by Gasteiger charge is 2.31. The van der Waals surface area contributed by atoms with Crippen molar-refractivity contribution in [3.05, 3.63) is 28.8 Å². The molecule has 1 aliphatic heterocycles. The van der Waals surface area contributed by atoms with E-state index in [4.69, 9.17) is 11.6 Å². The van der Waals surface area contributed by atoms with Crippen molar-refractivity contribution in [3.63, 3.8) is 0 Å². The van der Waals surface area contributed by atoms with Gasteiger partial charge in [0, 0.05) is 23.8 Å². The summed E-state index contributed by atoms with van der Waals surface area (Å²) in [4.78, 5) is 13.5. The van der Waals surface area contributed by atoms with Crippen molar-refractivity contribution in [3.8, 4) is 0 Å². The molecule has 0 saturated carbocycles. The number of carbonyl (C=O) groups excluding carboxylic acids is 1. The van der Waals surface area contributed by atoms with Crippen molar-refractivity contribution in [1.82, 2.24) is 4.90 Å². The number of halogens is 4. The van der Waals surface area contributed by atoms with Crippen LogP contribution in [0.2, 0.25) is 5.02 Å². The van der Waals surface area contributed by atoms with Crippen LogP contribution in [-0.2, 0) is 6.18 Å². The fourth-order valence-electron chi connectivity index (χ4n) is 2.12. The topological polar surface area (TPSA) is 32.3 Å². The van der Waals surface area contributed by atoms with Gasteiger partial charge in [0.25, 0.3) is 0 Å². The zero-order chi connectivity index (χ0) is 14.8. The molecule has 0 atom stereocenters. The van der Waals surface area contributed by atoms with E-state index in [2.05, 4.69) is 5.32 Å². The molecule has 20 heavy (non-hydrogen) atoms. The standard InChI is InChI=1S/C13H14ClF3N2O/c14-10-6-9(13(15,16)17)7-11(8-10)18-12(20)19-4-2-1-3-5-19/h6-8H,1-5H2,(H,18,20). The molecule has 0 radical (unpaired) electrons. The zero-order valence-corrected chi connectivity index (χ0v) is 11.4. The van der Waals surface area contributed by atoms with Crippen molar-refractivity contribution in [2.45, 2.75) is 25.4 Å². The molecule has 0 unspecified atom stereocenters. The molecule has 0 aromatic heterocycles. The van der Waals surface area contributed by atoms with Crippen molar-refractivity contribution in [2.24, 2.45) is 0 Å². The fraction of sp³-hybridized carbons (Fsp3) is 0.462. The Bertz CT molecular complexity index is 499. The number of anilines is 1. The van der Waals surface area contributed by atoms with Crippen LogP contribution < -0.4 is 5.32 Å². The molecule has 1 N–H and O–H groups in total. The second kappa shape index (κ2) is 5.91. The summed E-state index contributed by atoms with van der Waals surface area (Å²) in [6, 6.07) is 2.63. The van der Waals surface area contributed by atoms with Crippen molar-refractivity contribution in [1.29, 1.82) is 0 Å². The molecular formula is C13H14ClF3N2O. The van der Waals surface area contributed by atoms with Crippen LogP contribution in [0.1, 0.15) is 24.8 Å². The molecule has 110 valence electrons. The second-order valence-corrected chi connectivity index (χ2v) is 5.14. The first-order valence-electron chi connectivity index (χ1n) is 6.30. The summed E-state index contributed by atoms with van der Waals surface area (Å²) >= 11 is 5.66. The minimum absolute atomic E-state index is 0.0559. The van der Waals surface area contributed by atoms with Crippen LogP contribution in [0.5, 0.6) is 0 Å². The van der Waals surface area contributed by atoms with E-state index in [9.17, 15) is 18.0 Å². The van der Waals surface area contributed by atoms with Crippen LogP contribution in [0.15, 0.2) is 18.2 Å². The summed E-state index contributed by atoms with van der Waals surface area (Å²) in [6.45, 7) is 1.25. The number of carbonyl (C=O) groups is 1. The Morgan fingerprint density at radius 1 is 1.15 bits per heavy atom. The van der Waals surface area contributed by atoms with Crippen molar-refractivity contribution in [2.75, 3.05) is 18.4 Å². The Balaban J connectivity index is 2.12. The van der Waals surface area contributed by atoms with Gasteiger partial charge in [-0.25, -0.2) is 4.79 Å². The monoisotopic (exact) mass is 306 g/mol. The van der Waals surface area contributed by atoms with Gasteiger partial charge < -0.3 is 10.2 Å². The SMILES string of the molecule is O=C(Nc1cc(Cl)cc(C(F)(F)F)c1)N1CCCCC1. The van der Waals surface area contributed by atoms with Crippen LogP contribution in [-0.4, -0.2) is 24.0 Å². The van der Waals surface area contributed by atoms with Gasteiger partial charge >= 0.3 is 12.2 Å². The quantitative estimate of drug-likeness (QED) is 0.820. The molecule has 1 aromatic carbocycles. The van der Waals surface area contributed by atoms with E-state index in [1.807, 2.05) is 0 Å². The normalized spacial score (nSPS) is 16.1. The Morgan fingerprint density at radius 3 is 2.40 bits per heavy atom. The summed E-state index contributed by atoms with van der Waals surface area (Å²) in [5.74, 6) is 0. The highest BCUT2D eigenvalue weighted by atomic mass is 35.5. The predicted octanol–water partition coefficient (Wildman–Crippen LogP) is 4.38. The largest absolute Gasteiger partial charge is 0.416 e. The van der Waals surface area contributed by atoms with Gasteiger partial charge in [0.05, 0.1) is 5.56 Å². The summed E-state index contributed by atoms with van der Waals surface area (Å²) in [6.07, 6.45) is -1.60. The minimum Gasteiger partial charge on any atom is -0.325 e. The van der Waals surface area contributed by atoms with Crippen LogP contribution in [0.3, 0.4) is 0 Å². The van der Waals surface area contributed by atoms with Gasteiger partial charge in [0.2, 0.25) is 0 Å². The molecule has 1 aromatic rings. The van der Waals surface area contributed by atoms with Gasteiger partial charge in [-0.05, 0) is 37.5 Å². The van der Waals surface area contributed by atoms with Crippen molar-refractivity contribution >= 4 is 23.3 Å². The van der Waals surface area contributed by atoms with Gasteiger partial charge in [-0.3, -0.25) is 0 Å². The minimum atomic E-state index is -4.49. The maximum Gasteiger partial charge on any atom is 0.416 e. The van der Waals surface area contributed by atoms with Crippen LogP contribution >= 0.6 is 11.6 Å². The first kappa shape index (κ1) is 15.0. The molecule has 3 nitrogen and oxygen atoms in total. The molecule has 1 heterocycles. The molecule has 1 fully saturated rings.